The van der Waals surface area contributed by atoms with Crippen LogP contribution in [0.1, 0.15) is 58.2 Å². The van der Waals surface area contributed by atoms with Gasteiger partial charge in [-0.25, -0.2) is 9.97 Å². The largest absolute Gasteiger partial charge is 0.369 e. The van der Waals surface area contributed by atoms with E-state index >= 15 is 0 Å². The zero-order chi connectivity index (χ0) is 14.4. The number of nitrogens with zero attached hydrogens (tertiary/aromatic N) is 2. The average molecular weight is 389 g/mol. The number of hydrogen-bond acceptors (Lipinski definition) is 4. The van der Waals surface area contributed by atoms with Crippen LogP contribution in [0.25, 0.3) is 0 Å². The fraction of sp³-hybridized carbons (Fsp3) is 0.733. The van der Waals surface area contributed by atoms with Gasteiger partial charge in [0.25, 0.3) is 0 Å². The van der Waals surface area contributed by atoms with Crippen molar-refractivity contribution < 1.29 is 4.74 Å². The van der Waals surface area contributed by atoms with Crippen molar-refractivity contribution in [3.63, 3.8) is 0 Å². The first kappa shape index (κ1) is 15.9. The van der Waals surface area contributed by atoms with Gasteiger partial charge in [-0.3, -0.25) is 0 Å². The molecule has 1 aromatic heterocycles. The summed E-state index contributed by atoms with van der Waals surface area (Å²) in [6.07, 6.45) is 8.96. The third-order valence-electron chi connectivity index (χ3n) is 3.83. The second kappa shape index (κ2) is 7.54. The van der Waals surface area contributed by atoms with Gasteiger partial charge in [-0.05, 0) is 49.3 Å². The van der Waals surface area contributed by atoms with Crippen LogP contribution in [0, 0.1) is 3.57 Å². The first-order valence-electron chi connectivity index (χ1n) is 7.62. The van der Waals surface area contributed by atoms with Gasteiger partial charge in [-0.2, -0.15) is 0 Å². The van der Waals surface area contributed by atoms with Crippen LogP contribution < -0.4 is 5.32 Å². The Kier molecular flexibility index (Phi) is 6.01. The van der Waals surface area contributed by atoms with Crippen molar-refractivity contribution in [1.29, 1.82) is 0 Å². The van der Waals surface area contributed by atoms with Crippen molar-refractivity contribution in [2.75, 3.05) is 18.5 Å². The average Bonchev–Trinajstić information content (AvgIpc) is 2.68. The molecular formula is C15H24IN3O. The topological polar surface area (TPSA) is 47.0 Å². The summed E-state index contributed by atoms with van der Waals surface area (Å²) < 4.78 is 7.22. The van der Waals surface area contributed by atoms with E-state index in [1.165, 1.54) is 25.7 Å². The minimum Gasteiger partial charge on any atom is -0.369 e. The Balaban J connectivity index is 2.34. The van der Waals surface area contributed by atoms with Crippen molar-refractivity contribution >= 4 is 28.4 Å². The summed E-state index contributed by atoms with van der Waals surface area (Å²) in [7, 11) is 0. The Bertz CT molecular complexity index is 431. The van der Waals surface area contributed by atoms with E-state index in [-0.39, 0.29) is 5.60 Å². The first-order chi connectivity index (χ1) is 9.72. The van der Waals surface area contributed by atoms with Gasteiger partial charge in [-0.1, -0.05) is 25.7 Å². The smallest absolute Gasteiger partial charge is 0.162 e. The number of anilines is 1. The molecule has 1 aliphatic rings. The lowest BCUT2D eigenvalue weighted by molar-refractivity contribution is -0.0623. The quantitative estimate of drug-likeness (QED) is 0.609. The molecule has 0 unspecified atom stereocenters. The maximum Gasteiger partial charge on any atom is 0.162 e. The Morgan fingerprint density at radius 1 is 1.25 bits per heavy atom. The van der Waals surface area contributed by atoms with Crippen molar-refractivity contribution in [2.24, 2.45) is 0 Å². The van der Waals surface area contributed by atoms with E-state index in [1.807, 2.05) is 6.20 Å². The van der Waals surface area contributed by atoms with Crippen LogP contribution in [0.3, 0.4) is 0 Å². The first-order valence-corrected chi connectivity index (χ1v) is 8.70. The number of nitrogens with one attached hydrogen (secondary N) is 1. The summed E-state index contributed by atoms with van der Waals surface area (Å²) in [4.78, 5) is 9.36. The van der Waals surface area contributed by atoms with E-state index in [0.717, 1.165) is 34.6 Å². The fourth-order valence-corrected chi connectivity index (χ4v) is 3.34. The molecule has 1 saturated carbocycles. The number of rotatable bonds is 5. The zero-order valence-electron chi connectivity index (χ0n) is 12.4. The third kappa shape index (κ3) is 3.61. The summed E-state index contributed by atoms with van der Waals surface area (Å²) in [5, 5.41) is 3.32. The van der Waals surface area contributed by atoms with Crippen LogP contribution in [0.5, 0.6) is 0 Å². The Labute approximate surface area is 135 Å². The molecule has 5 heteroatoms. The summed E-state index contributed by atoms with van der Waals surface area (Å²) in [5.74, 6) is 1.79. The minimum absolute atomic E-state index is 0.278. The van der Waals surface area contributed by atoms with Crippen LogP contribution in [0.4, 0.5) is 5.82 Å². The number of aromatic nitrogens is 2. The zero-order valence-corrected chi connectivity index (χ0v) is 14.6. The second-order valence-corrected chi connectivity index (χ2v) is 6.42. The molecule has 0 radical (unpaired) electrons. The van der Waals surface area contributed by atoms with Crippen LogP contribution >= 0.6 is 22.6 Å². The van der Waals surface area contributed by atoms with E-state index in [0.29, 0.717) is 6.61 Å². The van der Waals surface area contributed by atoms with Crippen molar-refractivity contribution in [2.45, 2.75) is 58.0 Å². The molecule has 0 aromatic carbocycles. The molecule has 1 aliphatic carbocycles. The molecule has 0 amide bonds. The molecule has 0 saturated heterocycles. The van der Waals surface area contributed by atoms with Crippen LogP contribution in [-0.4, -0.2) is 23.1 Å². The molecule has 112 valence electrons. The van der Waals surface area contributed by atoms with E-state index in [4.69, 9.17) is 9.72 Å². The molecule has 2 rings (SSSR count). The Morgan fingerprint density at radius 3 is 2.55 bits per heavy atom. The molecule has 1 fully saturated rings. The van der Waals surface area contributed by atoms with Gasteiger partial charge in [0.1, 0.15) is 11.4 Å². The molecule has 1 N–H and O–H groups in total. The fourth-order valence-electron chi connectivity index (χ4n) is 2.89. The normalized spacial score (nSPS) is 18.6. The standard InChI is InChI=1S/C15H24IN3O/c1-3-17-13-12(16)11-18-14(19-13)15(20-4-2)9-7-5-6-8-10-15/h11H,3-10H2,1-2H3,(H,17,18,19). The van der Waals surface area contributed by atoms with Gasteiger partial charge >= 0.3 is 0 Å². The summed E-state index contributed by atoms with van der Waals surface area (Å²) in [6.45, 7) is 5.73. The highest BCUT2D eigenvalue weighted by Gasteiger charge is 2.36. The number of halogens is 1. The van der Waals surface area contributed by atoms with Crippen LogP contribution in [0.2, 0.25) is 0 Å². The lowest BCUT2D eigenvalue weighted by Crippen LogP contribution is -2.32. The van der Waals surface area contributed by atoms with E-state index in [9.17, 15) is 0 Å². The molecule has 0 spiro atoms. The van der Waals surface area contributed by atoms with E-state index in [1.54, 1.807) is 0 Å². The maximum absolute atomic E-state index is 6.15. The molecule has 0 bridgehead atoms. The predicted octanol–water partition coefficient (Wildman–Crippen LogP) is 4.10. The lowest BCUT2D eigenvalue weighted by atomic mass is 9.93. The third-order valence-corrected chi connectivity index (χ3v) is 4.62. The SMILES string of the molecule is CCNc1nc(C2(OCC)CCCCCC2)ncc1I. The second-order valence-electron chi connectivity index (χ2n) is 5.26. The predicted molar refractivity (Wildman–Crippen MR) is 89.9 cm³/mol. The lowest BCUT2D eigenvalue weighted by Gasteiger charge is -2.31. The van der Waals surface area contributed by atoms with Crippen molar-refractivity contribution in [1.82, 2.24) is 9.97 Å². The molecular weight excluding hydrogens is 365 g/mol. The van der Waals surface area contributed by atoms with Crippen LogP contribution in [0.15, 0.2) is 6.20 Å². The molecule has 1 heterocycles. The number of ether oxygens (including phenoxy) is 1. The van der Waals surface area contributed by atoms with E-state index < -0.39 is 0 Å². The molecule has 20 heavy (non-hydrogen) atoms. The number of hydrogen-bond donors (Lipinski definition) is 1. The molecule has 1 aromatic rings. The highest BCUT2D eigenvalue weighted by Crippen LogP contribution is 2.38. The van der Waals surface area contributed by atoms with Crippen molar-refractivity contribution in [3.05, 3.63) is 15.6 Å². The minimum atomic E-state index is -0.278. The monoisotopic (exact) mass is 389 g/mol. The van der Waals surface area contributed by atoms with Gasteiger partial charge in [0.2, 0.25) is 0 Å². The Hall–Kier alpha value is -0.430. The highest BCUT2D eigenvalue weighted by atomic mass is 127. The maximum atomic E-state index is 6.15. The summed E-state index contributed by atoms with van der Waals surface area (Å²) in [5.41, 5.74) is -0.278. The Morgan fingerprint density at radius 2 is 1.95 bits per heavy atom. The summed E-state index contributed by atoms with van der Waals surface area (Å²) in [6, 6.07) is 0. The van der Waals surface area contributed by atoms with Crippen LogP contribution in [-0.2, 0) is 10.3 Å². The molecule has 0 atom stereocenters. The molecule has 4 nitrogen and oxygen atoms in total. The van der Waals surface area contributed by atoms with Crippen molar-refractivity contribution in [3.8, 4) is 0 Å². The van der Waals surface area contributed by atoms with Gasteiger partial charge in [0.15, 0.2) is 5.82 Å². The summed E-state index contributed by atoms with van der Waals surface area (Å²) >= 11 is 2.28. The van der Waals surface area contributed by atoms with E-state index in [2.05, 4.69) is 46.7 Å². The highest BCUT2D eigenvalue weighted by molar-refractivity contribution is 14.1. The van der Waals surface area contributed by atoms with Gasteiger partial charge in [-0.15, -0.1) is 0 Å². The molecule has 0 aliphatic heterocycles. The van der Waals surface area contributed by atoms with Gasteiger partial charge in [0.05, 0.1) is 3.57 Å². The van der Waals surface area contributed by atoms with Gasteiger partial charge < -0.3 is 10.1 Å². The van der Waals surface area contributed by atoms with Gasteiger partial charge in [0, 0.05) is 19.3 Å².